The lowest BCUT2D eigenvalue weighted by molar-refractivity contribution is 0.415. The van der Waals surface area contributed by atoms with Crippen molar-refractivity contribution in [2.75, 3.05) is 12.8 Å². The molecular weight excluding hydrogens is 289 g/mol. The van der Waals surface area contributed by atoms with Gasteiger partial charge in [0.15, 0.2) is 5.16 Å². The molecule has 2 aromatic carbocycles. The number of nitrogens with zero attached hydrogens (tertiary/aromatic N) is 1. The van der Waals surface area contributed by atoms with Gasteiger partial charge in [0, 0.05) is 17.5 Å². The first-order valence-electron chi connectivity index (χ1n) is 6.36. The van der Waals surface area contributed by atoms with Gasteiger partial charge in [0.1, 0.15) is 11.6 Å². The summed E-state index contributed by atoms with van der Waals surface area (Å²) in [5, 5.41) is 0.793. The van der Waals surface area contributed by atoms with Crippen LogP contribution in [0.4, 0.5) is 10.1 Å². The van der Waals surface area contributed by atoms with Gasteiger partial charge >= 0.3 is 0 Å². The Kier molecular flexibility index (Phi) is 3.70. The Morgan fingerprint density at radius 2 is 2.14 bits per heavy atom. The van der Waals surface area contributed by atoms with E-state index < -0.39 is 0 Å². The van der Waals surface area contributed by atoms with Crippen molar-refractivity contribution in [1.29, 1.82) is 0 Å². The Bertz CT molecular complexity index is 788. The van der Waals surface area contributed by atoms with Crippen LogP contribution in [-0.4, -0.2) is 17.1 Å². The number of thioether (sulfide) groups is 1. The predicted molar refractivity (Wildman–Crippen MR) is 83.0 cm³/mol. The Morgan fingerprint density at radius 1 is 1.29 bits per heavy atom. The third kappa shape index (κ3) is 2.95. The maximum absolute atomic E-state index is 13.0. The van der Waals surface area contributed by atoms with Crippen molar-refractivity contribution in [3.8, 4) is 5.75 Å². The van der Waals surface area contributed by atoms with Crippen LogP contribution in [0.5, 0.6) is 5.75 Å². The molecule has 0 atom stereocenters. The minimum atomic E-state index is -0.322. The molecule has 108 valence electrons. The standard InChI is InChI=1S/C15H14FN3OS/c1-20-11-4-5-13-14(7-11)19-15(18-13)21-8-9-2-3-10(16)6-12(9)17/h2-7H,8,17H2,1H3,(H,18,19). The minimum absolute atomic E-state index is 0.322. The number of rotatable bonds is 4. The van der Waals surface area contributed by atoms with E-state index in [1.165, 1.54) is 23.9 Å². The summed E-state index contributed by atoms with van der Waals surface area (Å²) in [5.74, 6) is 1.09. The number of nitrogens with one attached hydrogen (secondary N) is 1. The molecule has 0 aliphatic heterocycles. The fraction of sp³-hybridized carbons (Fsp3) is 0.133. The lowest BCUT2D eigenvalue weighted by atomic mass is 10.2. The molecule has 3 N–H and O–H groups in total. The lowest BCUT2D eigenvalue weighted by Crippen LogP contribution is -1.93. The van der Waals surface area contributed by atoms with Crippen LogP contribution in [-0.2, 0) is 5.75 Å². The summed E-state index contributed by atoms with van der Waals surface area (Å²) in [6, 6.07) is 10.1. The number of fused-ring (bicyclic) bond motifs is 1. The summed E-state index contributed by atoms with van der Waals surface area (Å²) in [5.41, 5.74) is 8.95. The highest BCUT2D eigenvalue weighted by molar-refractivity contribution is 7.98. The van der Waals surface area contributed by atoms with Crippen LogP contribution >= 0.6 is 11.8 Å². The molecule has 3 rings (SSSR count). The fourth-order valence-corrected chi connectivity index (χ4v) is 2.90. The van der Waals surface area contributed by atoms with Crippen LogP contribution in [0.2, 0.25) is 0 Å². The van der Waals surface area contributed by atoms with Crippen molar-refractivity contribution in [3.05, 3.63) is 47.8 Å². The van der Waals surface area contributed by atoms with Gasteiger partial charge in [-0.3, -0.25) is 0 Å². The van der Waals surface area contributed by atoms with Crippen molar-refractivity contribution in [1.82, 2.24) is 9.97 Å². The molecule has 0 aliphatic carbocycles. The molecule has 0 saturated carbocycles. The monoisotopic (exact) mass is 303 g/mol. The topological polar surface area (TPSA) is 63.9 Å². The first-order valence-corrected chi connectivity index (χ1v) is 7.35. The summed E-state index contributed by atoms with van der Waals surface area (Å²) in [6.07, 6.45) is 0. The van der Waals surface area contributed by atoms with E-state index in [1.807, 2.05) is 18.2 Å². The van der Waals surface area contributed by atoms with E-state index in [0.29, 0.717) is 11.4 Å². The van der Waals surface area contributed by atoms with Crippen LogP contribution < -0.4 is 10.5 Å². The van der Waals surface area contributed by atoms with Crippen molar-refractivity contribution in [3.63, 3.8) is 0 Å². The summed E-state index contributed by atoms with van der Waals surface area (Å²) in [7, 11) is 1.63. The minimum Gasteiger partial charge on any atom is -0.497 e. The summed E-state index contributed by atoms with van der Waals surface area (Å²) in [4.78, 5) is 7.72. The van der Waals surface area contributed by atoms with Crippen molar-refractivity contribution in [2.24, 2.45) is 0 Å². The number of methoxy groups -OCH3 is 1. The number of aromatic nitrogens is 2. The number of ether oxygens (including phenoxy) is 1. The lowest BCUT2D eigenvalue weighted by Gasteiger charge is -2.03. The molecule has 1 heterocycles. The van der Waals surface area contributed by atoms with Gasteiger partial charge in [0.05, 0.1) is 18.1 Å². The fourth-order valence-electron chi connectivity index (χ4n) is 2.00. The van der Waals surface area contributed by atoms with E-state index in [4.69, 9.17) is 10.5 Å². The Hall–Kier alpha value is -2.21. The SMILES string of the molecule is COc1ccc2nc(SCc3ccc(F)cc3N)[nH]c2c1. The largest absolute Gasteiger partial charge is 0.497 e. The average Bonchev–Trinajstić information content (AvgIpc) is 2.88. The molecule has 0 radical (unpaired) electrons. The first-order chi connectivity index (χ1) is 10.2. The Labute approximate surface area is 125 Å². The molecular formula is C15H14FN3OS. The molecule has 0 bridgehead atoms. The number of H-pyrrole nitrogens is 1. The molecule has 6 heteroatoms. The molecule has 0 aliphatic rings. The van der Waals surface area contributed by atoms with Gasteiger partial charge in [-0.2, -0.15) is 0 Å². The van der Waals surface area contributed by atoms with Gasteiger partial charge in [-0.1, -0.05) is 17.8 Å². The van der Waals surface area contributed by atoms with E-state index in [-0.39, 0.29) is 5.82 Å². The molecule has 0 unspecified atom stereocenters. The number of nitrogen functional groups attached to an aromatic ring is 1. The predicted octanol–water partition coefficient (Wildman–Crippen LogP) is 3.59. The zero-order valence-electron chi connectivity index (χ0n) is 11.4. The van der Waals surface area contributed by atoms with E-state index in [2.05, 4.69) is 9.97 Å². The number of halogens is 1. The van der Waals surface area contributed by atoms with Gasteiger partial charge in [-0.25, -0.2) is 9.37 Å². The van der Waals surface area contributed by atoms with Crippen molar-refractivity contribution >= 4 is 28.5 Å². The molecule has 0 saturated heterocycles. The zero-order chi connectivity index (χ0) is 14.8. The Balaban J connectivity index is 1.78. The maximum Gasteiger partial charge on any atom is 0.166 e. The van der Waals surface area contributed by atoms with E-state index in [1.54, 1.807) is 13.2 Å². The van der Waals surface area contributed by atoms with Crippen LogP contribution in [0.15, 0.2) is 41.6 Å². The van der Waals surface area contributed by atoms with E-state index >= 15 is 0 Å². The van der Waals surface area contributed by atoms with Gasteiger partial charge in [-0.05, 0) is 29.8 Å². The number of anilines is 1. The van der Waals surface area contributed by atoms with E-state index in [0.717, 1.165) is 27.5 Å². The zero-order valence-corrected chi connectivity index (χ0v) is 12.2. The summed E-state index contributed by atoms with van der Waals surface area (Å²) < 4.78 is 18.2. The van der Waals surface area contributed by atoms with Gasteiger partial charge in [0.25, 0.3) is 0 Å². The molecule has 4 nitrogen and oxygen atoms in total. The number of imidazole rings is 1. The number of aromatic amines is 1. The van der Waals surface area contributed by atoms with Crippen LogP contribution in [0.1, 0.15) is 5.56 Å². The van der Waals surface area contributed by atoms with Gasteiger partial charge in [0.2, 0.25) is 0 Å². The second kappa shape index (κ2) is 5.65. The Morgan fingerprint density at radius 3 is 2.90 bits per heavy atom. The molecule has 3 aromatic rings. The maximum atomic E-state index is 13.0. The third-order valence-corrected chi connectivity index (χ3v) is 4.06. The van der Waals surface area contributed by atoms with Gasteiger partial charge < -0.3 is 15.5 Å². The van der Waals surface area contributed by atoms with Crippen molar-refractivity contribution < 1.29 is 9.13 Å². The summed E-state index contributed by atoms with van der Waals surface area (Å²) in [6.45, 7) is 0. The quantitative estimate of drug-likeness (QED) is 0.571. The summed E-state index contributed by atoms with van der Waals surface area (Å²) >= 11 is 1.52. The molecule has 0 fully saturated rings. The number of hydrogen-bond donors (Lipinski definition) is 2. The second-order valence-corrected chi connectivity index (χ2v) is 5.52. The smallest absolute Gasteiger partial charge is 0.166 e. The number of nitrogens with two attached hydrogens (primary N) is 1. The average molecular weight is 303 g/mol. The highest BCUT2D eigenvalue weighted by atomic mass is 32.2. The van der Waals surface area contributed by atoms with Crippen molar-refractivity contribution in [2.45, 2.75) is 10.9 Å². The molecule has 21 heavy (non-hydrogen) atoms. The molecule has 1 aromatic heterocycles. The number of benzene rings is 2. The second-order valence-electron chi connectivity index (χ2n) is 4.56. The van der Waals surface area contributed by atoms with Crippen LogP contribution in [0, 0.1) is 5.82 Å². The third-order valence-electron chi connectivity index (χ3n) is 3.14. The van der Waals surface area contributed by atoms with Crippen LogP contribution in [0.3, 0.4) is 0 Å². The normalized spacial score (nSPS) is 11.0. The van der Waals surface area contributed by atoms with Crippen LogP contribution in [0.25, 0.3) is 11.0 Å². The number of hydrogen-bond acceptors (Lipinski definition) is 4. The first kappa shape index (κ1) is 13.8. The molecule has 0 spiro atoms. The van der Waals surface area contributed by atoms with Gasteiger partial charge in [-0.15, -0.1) is 0 Å². The molecule has 0 amide bonds. The van der Waals surface area contributed by atoms with E-state index in [9.17, 15) is 4.39 Å². The highest BCUT2D eigenvalue weighted by Gasteiger charge is 2.07. The highest BCUT2D eigenvalue weighted by Crippen LogP contribution is 2.27.